The highest BCUT2D eigenvalue weighted by molar-refractivity contribution is 9.10. The largest absolute Gasteiger partial charge is 0.264 e. The van der Waals surface area contributed by atoms with Gasteiger partial charge in [0.05, 0.1) is 0 Å². The monoisotopic (exact) mass is 376 g/mol. The molecule has 0 radical (unpaired) electrons. The first-order valence-corrected chi connectivity index (χ1v) is 8.05. The Balaban J connectivity index is 2.38. The fourth-order valence-electron chi connectivity index (χ4n) is 1.76. The highest BCUT2D eigenvalue weighted by Crippen LogP contribution is 2.29. The van der Waals surface area contributed by atoms with Crippen molar-refractivity contribution in [2.24, 2.45) is 0 Å². The van der Waals surface area contributed by atoms with Crippen LogP contribution in [0.2, 0.25) is 0 Å². The summed E-state index contributed by atoms with van der Waals surface area (Å²) in [6.45, 7) is 0.0272. The third-order valence-electron chi connectivity index (χ3n) is 2.76. The lowest BCUT2D eigenvalue weighted by Crippen LogP contribution is -2.27. The Morgan fingerprint density at radius 3 is 2.62 bits per heavy atom. The van der Waals surface area contributed by atoms with E-state index in [1.807, 2.05) is 0 Å². The third kappa shape index (κ3) is 3.45. The summed E-state index contributed by atoms with van der Waals surface area (Å²) in [5.41, 5.74) is 0.655. The van der Waals surface area contributed by atoms with Crippen molar-refractivity contribution in [2.75, 3.05) is 7.05 Å². The van der Waals surface area contributed by atoms with Crippen molar-refractivity contribution in [1.82, 2.24) is 9.29 Å². The molecule has 0 amide bonds. The number of benzene rings is 1. The molecule has 0 aliphatic heterocycles. The number of rotatable bonds is 4. The van der Waals surface area contributed by atoms with Crippen LogP contribution in [0, 0.1) is 11.6 Å². The van der Waals surface area contributed by atoms with Crippen molar-refractivity contribution < 1.29 is 17.2 Å². The molecule has 0 N–H and O–H groups in total. The van der Waals surface area contributed by atoms with E-state index in [2.05, 4.69) is 20.9 Å². The Labute approximate surface area is 129 Å². The molecular formula is C13H11BrF2N2O2S. The molecule has 0 spiro atoms. The smallest absolute Gasteiger partial charge is 0.247 e. The fraction of sp³-hybridized carbons (Fsp3) is 0.154. The predicted molar refractivity (Wildman–Crippen MR) is 76.9 cm³/mol. The van der Waals surface area contributed by atoms with Crippen molar-refractivity contribution in [1.29, 1.82) is 0 Å². The maximum absolute atomic E-state index is 13.8. The van der Waals surface area contributed by atoms with Crippen LogP contribution in [0.5, 0.6) is 0 Å². The zero-order valence-electron chi connectivity index (χ0n) is 10.9. The average molecular weight is 377 g/mol. The first-order chi connectivity index (χ1) is 9.82. The maximum Gasteiger partial charge on any atom is 0.247 e. The van der Waals surface area contributed by atoms with Crippen molar-refractivity contribution in [2.45, 2.75) is 11.4 Å². The van der Waals surface area contributed by atoms with Gasteiger partial charge in [0, 0.05) is 36.5 Å². The Morgan fingerprint density at radius 2 is 2.05 bits per heavy atom. The molecule has 0 saturated carbocycles. The van der Waals surface area contributed by atoms with Crippen LogP contribution >= 0.6 is 15.9 Å². The van der Waals surface area contributed by atoms with Crippen molar-refractivity contribution in [3.8, 4) is 0 Å². The van der Waals surface area contributed by atoms with E-state index in [0.717, 1.165) is 10.4 Å². The molecule has 0 saturated heterocycles. The Hall–Kier alpha value is -1.38. The number of sulfonamides is 1. The summed E-state index contributed by atoms with van der Waals surface area (Å²) in [5.74, 6) is -1.99. The second kappa shape index (κ2) is 6.17. The van der Waals surface area contributed by atoms with E-state index >= 15 is 0 Å². The first-order valence-electron chi connectivity index (χ1n) is 5.82. The molecule has 1 aromatic carbocycles. The number of pyridine rings is 1. The molecule has 0 unspecified atom stereocenters. The van der Waals surface area contributed by atoms with E-state index in [0.29, 0.717) is 11.6 Å². The minimum absolute atomic E-state index is 0.0272. The molecule has 1 heterocycles. The van der Waals surface area contributed by atoms with Crippen LogP contribution in [0.3, 0.4) is 0 Å². The minimum Gasteiger partial charge on any atom is -0.264 e. The normalized spacial score (nSPS) is 11.9. The first kappa shape index (κ1) is 16.0. The molecule has 2 aromatic rings. The Morgan fingerprint density at radius 1 is 1.33 bits per heavy atom. The summed E-state index contributed by atoms with van der Waals surface area (Å²) >= 11 is 2.89. The molecule has 4 nitrogen and oxygen atoms in total. The lowest BCUT2D eigenvalue weighted by molar-refractivity contribution is 0.457. The van der Waals surface area contributed by atoms with Gasteiger partial charge in [0.15, 0.2) is 0 Å². The average Bonchev–Trinajstić information content (AvgIpc) is 2.38. The number of nitrogens with zero attached hydrogens (tertiary/aromatic N) is 2. The Kier molecular flexibility index (Phi) is 4.70. The molecule has 0 fully saturated rings. The highest BCUT2D eigenvalue weighted by Gasteiger charge is 2.28. The fourth-order valence-corrected chi connectivity index (χ4v) is 4.03. The van der Waals surface area contributed by atoms with E-state index < -0.39 is 26.6 Å². The third-order valence-corrected chi connectivity index (χ3v) is 5.53. The summed E-state index contributed by atoms with van der Waals surface area (Å²) in [6, 6.07) is 4.82. The van der Waals surface area contributed by atoms with Gasteiger partial charge in [-0.25, -0.2) is 17.2 Å². The van der Waals surface area contributed by atoms with E-state index in [-0.39, 0.29) is 11.0 Å². The summed E-state index contributed by atoms with van der Waals surface area (Å²) in [7, 11) is -2.78. The van der Waals surface area contributed by atoms with Crippen molar-refractivity contribution in [3.05, 3.63) is 58.3 Å². The quantitative estimate of drug-likeness (QED) is 0.824. The van der Waals surface area contributed by atoms with Gasteiger partial charge in [0.1, 0.15) is 16.5 Å². The molecule has 0 bridgehead atoms. The summed E-state index contributed by atoms with van der Waals surface area (Å²) < 4.78 is 52.5. The number of halogens is 3. The maximum atomic E-state index is 13.8. The van der Waals surface area contributed by atoms with Crippen LogP contribution in [0.15, 0.2) is 46.0 Å². The van der Waals surface area contributed by atoms with Gasteiger partial charge in [-0.15, -0.1) is 0 Å². The summed E-state index contributed by atoms with van der Waals surface area (Å²) in [4.78, 5) is 3.30. The SMILES string of the molecule is CN(Cc1cccnc1)S(=O)(=O)c1c(F)cc(F)cc1Br. The zero-order valence-corrected chi connectivity index (χ0v) is 13.3. The van der Waals surface area contributed by atoms with E-state index in [1.165, 1.54) is 13.2 Å². The van der Waals surface area contributed by atoms with Crippen LogP contribution in [0.1, 0.15) is 5.56 Å². The lowest BCUT2D eigenvalue weighted by atomic mass is 10.3. The standard InChI is InChI=1S/C13H11BrF2N2O2S/c1-18(8-9-3-2-4-17-7-9)21(19,20)13-11(14)5-10(15)6-12(13)16/h2-7H,8H2,1H3. The van der Waals surface area contributed by atoms with Crippen LogP contribution in [0.25, 0.3) is 0 Å². The minimum atomic E-state index is -4.10. The van der Waals surface area contributed by atoms with Gasteiger partial charge in [-0.2, -0.15) is 4.31 Å². The molecule has 8 heteroatoms. The van der Waals surface area contributed by atoms with Gasteiger partial charge in [-0.3, -0.25) is 4.98 Å². The highest BCUT2D eigenvalue weighted by atomic mass is 79.9. The second-order valence-electron chi connectivity index (χ2n) is 4.32. The molecule has 21 heavy (non-hydrogen) atoms. The molecule has 112 valence electrons. The molecule has 0 aliphatic carbocycles. The van der Waals surface area contributed by atoms with Gasteiger partial charge in [0.2, 0.25) is 10.0 Å². The summed E-state index contributed by atoms with van der Waals surface area (Å²) in [5, 5.41) is 0. The number of hydrogen-bond donors (Lipinski definition) is 0. The Bertz CT molecular complexity index is 731. The van der Waals surface area contributed by atoms with Gasteiger partial charge in [0.25, 0.3) is 0 Å². The van der Waals surface area contributed by atoms with Gasteiger partial charge in [-0.1, -0.05) is 6.07 Å². The predicted octanol–water partition coefficient (Wildman–Crippen LogP) is 2.94. The van der Waals surface area contributed by atoms with Crippen LogP contribution in [-0.2, 0) is 16.6 Å². The van der Waals surface area contributed by atoms with Crippen LogP contribution in [0.4, 0.5) is 8.78 Å². The van der Waals surface area contributed by atoms with E-state index in [9.17, 15) is 17.2 Å². The van der Waals surface area contributed by atoms with Gasteiger partial charge in [-0.05, 0) is 33.6 Å². The van der Waals surface area contributed by atoms with Gasteiger partial charge < -0.3 is 0 Å². The second-order valence-corrected chi connectivity index (χ2v) is 7.16. The van der Waals surface area contributed by atoms with Crippen LogP contribution < -0.4 is 0 Å². The number of aromatic nitrogens is 1. The van der Waals surface area contributed by atoms with Gasteiger partial charge >= 0.3 is 0 Å². The molecule has 1 aromatic heterocycles. The molecule has 2 rings (SSSR count). The zero-order chi connectivity index (χ0) is 15.6. The molecule has 0 aliphatic rings. The van der Waals surface area contributed by atoms with Crippen molar-refractivity contribution in [3.63, 3.8) is 0 Å². The number of hydrogen-bond acceptors (Lipinski definition) is 3. The molecule has 0 atom stereocenters. The molecular weight excluding hydrogens is 366 g/mol. The summed E-state index contributed by atoms with van der Waals surface area (Å²) in [6.07, 6.45) is 3.08. The van der Waals surface area contributed by atoms with Crippen molar-refractivity contribution >= 4 is 26.0 Å². The topological polar surface area (TPSA) is 50.3 Å². The lowest BCUT2D eigenvalue weighted by Gasteiger charge is -2.18. The van der Waals surface area contributed by atoms with E-state index in [4.69, 9.17) is 0 Å². The van der Waals surface area contributed by atoms with E-state index in [1.54, 1.807) is 18.3 Å². The van der Waals surface area contributed by atoms with Crippen LogP contribution in [-0.4, -0.2) is 24.8 Å².